The van der Waals surface area contributed by atoms with Gasteiger partial charge in [0.1, 0.15) is 23.3 Å². The van der Waals surface area contributed by atoms with Gasteiger partial charge in [-0.2, -0.15) is 5.10 Å². The van der Waals surface area contributed by atoms with E-state index in [-0.39, 0.29) is 17.7 Å². The van der Waals surface area contributed by atoms with E-state index in [0.717, 1.165) is 34.2 Å². The van der Waals surface area contributed by atoms with E-state index in [2.05, 4.69) is 10.2 Å². The number of rotatable bonds is 8. The molecule has 3 aromatic heterocycles. The van der Waals surface area contributed by atoms with Crippen molar-refractivity contribution in [2.75, 3.05) is 12.9 Å². The molecule has 35 heavy (non-hydrogen) atoms. The van der Waals surface area contributed by atoms with Crippen molar-refractivity contribution < 1.29 is 18.4 Å². The molecule has 0 aliphatic carbocycles. The number of furan rings is 2. The smallest absolute Gasteiger partial charge is 0.253 e. The van der Waals surface area contributed by atoms with Crippen molar-refractivity contribution in [2.45, 2.75) is 38.0 Å². The second-order valence-corrected chi connectivity index (χ2v) is 8.92. The lowest BCUT2D eigenvalue weighted by atomic mass is 10.0. The van der Waals surface area contributed by atoms with Crippen LogP contribution in [0, 0.1) is 6.92 Å². The Balaban J connectivity index is 1.36. The predicted octanol–water partition coefficient (Wildman–Crippen LogP) is 4.94. The summed E-state index contributed by atoms with van der Waals surface area (Å²) in [6.07, 6.45) is 3.81. The number of carbonyl (C=O) groups excluding carboxylic acids is 1. The summed E-state index contributed by atoms with van der Waals surface area (Å²) in [5.74, 6) is 3.00. The molecule has 1 amide bonds. The number of hydrogen-bond donors (Lipinski definition) is 0. The zero-order chi connectivity index (χ0) is 24.4. The molecule has 1 atom stereocenters. The number of nitrogens with zero attached hydrogens (tertiary/aromatic N) is 5. The molecule has 1 aromatic carbocycles. The lowest BCUT2D eigenvalue weighted by molar-refractivity contribution is -0.130. The van der Waals surface area contributed by atoms with Gasteiger partial charge >= 0.3 is 0 Å². The first-order valence-corrected chi connectivity index (χ1v) is 12.3. The van der Waals surface area contributed by atoms with Crippen LogP contribution in [0.5, 0.6) is 5.75 Å². The molecule has 4 heterocycles. The van der Waals surface area contributed by atoms with Crippen LogP contribution in [0.25, 0.3) is 11.4 Å². The van der Waals surface area contributed by atoms with Gasteiger partial charge in [-0.3, -0.25) is 4.79 Å². The van der Waals surface area contributed by atoms with Crippen molar-refractivity contribution >= 4 is 23.4 Å². The highest BCUT2D eigenvalue weighted by Gasteiger charge is 2.35. The Morgan fingerprint density at radius 2 is 1.97 bits per heavy atom. The fraction of sp³-hybridized carbons (Fsp3) is 0.280. The monoisotopic (exact) mass is 491 g/mol. The van der Waals surface area contributed by atoms with Gasteiger partial charge in [0, 0.05) is 13.0 Å². The molecule has 0 N–H and O–H groups in total. The molecule has 0 saturated heterocycles. The Hall–Kier alpha value is -3.79. The lowest BCUT2D eigenvalue weighted by Crippen LogP contribution is -2.28. The molecule has 1 aliphatic heterocycles. The Kier molecular flexibility index (Phi) is 6.45. The molecule has 0 fully saturated rings. The van der Waals surface area contributed by atoms with Gasteiger partial charge in [0.15, 0.2) is 11.0 Å². The zero-order valence-corrected chi connectivity index (χ0v) is 20.5. The largest absolute Gasteiger partial charge is 0.497 e. The minimum atomic E-state index is -0.302. The van der Waals surface area contributed by atoms with Crippen LogP contribution in [0.3, 0.4) is 0 Å². The molecule has 0 unspecified atom stereocenters. The molecule has 0 radical (unpaired) electrons. The first kappa shape index (κ1) is 23.0. The summed E-state index contributed by atoms with van der Waals surface area (Å²) in [5, 5.41) is 15.6. The van der Waals surface area contributed by atoms with Crippen LogP contribution in [0.4, 0.5) is 0 Å². The van der Waals surface area contributed by atoms with Crippen LogP contribution in [0.2, 0.25) is 0 Å². The van der Waals surface area contributed by atoms with Crippen LogP contribution < -0.4 is 4.74 Å². The summed E-state index contributed by atoms with van der Waals surface area (Å²) in [4.78, 5) is 13.4. The second kappa shape index (κ2) is 9.83. The number of aryl methyl sites for hydroxylation is 1. The van der Waals surface area contributed by atoms with Crippen molar-refractivity contribution in [2.24, 2.45) is 5.10 Å². The molecule has 1 aliphatic rings. The SMILES string of the molecule is CCn1c(SCC(=O)N2N=C(c3ccc(OC)cc3)C[C@@H]2c2ccco2)nnc1-c1ccoc1C. The average molecular weight is 492 g/mol. The van der Waals surface area contributed by atoms with E-state index in [9.17, 15) is 4.79 Å². The third-order valence-electron chi connectivity index (χ3n) is 5.92. The molecule has 180 valence electrons. The van der Waals surface area contributed by atoms with Crippen molar-refractivity contribution in [3.63, 3.8) is 0 Å². The van der Waals surface area contributed by atoms with Gasteiger partial charge in [-0.05, 0) is 61.9 Å². The second-order valence-electron chi connectivity index (χ2n) is 7.98. The van der Waals surface area contributed by atoms with Gasteiger partial charge in [-0.1, -0.05) is 11.8 Å². The molecule has 4 aromatic rings. The van der Waals surface area contributed by atoms with E-state index >= 15 is 0 Å². The van der Waals surface area contributed by atoms with E-state index in [1.54, 1.807) is 19.6 Å². The maximum atomic E-state index is 13.4. The van der Waals surface area contributed by atoms with Crippen LogP contribution in [-0.2, 0) is 11.3 Å². The maximum absolute atomic E-state index is 13.4. The lowest BCUT2D eigenvalue weighted by Gasteiger charge is -2.19. The van der Waals surface area contributed by atoms with Gasteiger partial charge in [0.2, 0.25) is 0 Å². The number of aromatic nitrogens is 3. The summed E-state index contributed by atoms with van der Waals surface area (Å²) in [6, 6.07) is 12.9. The molecule has 9 nitrogen and oxygen atoms in total. The van der Waals surface area contributed by atoms with Crippen LogP contribution in [-0.4, -0.2) is 44.3 Å². The third-order valence-corrected chi connectivity index (χ3v) is 6.87. The summed E-state index contributed by atoms with van der Waals surface area (Å²) < 4.78 is 18.3. The highest BCUT2D eigenvalue weighted by Crippen LogP contribution is 2.34. The van der Waals surface area contributed by atoms with Gasteiger partial charge in [0.25, 0.3) is 5.91 Å². The number of benzene rings is 1. The number of hydrazone groups is 1. The van der Waals surface area contributed by atoms with E-state index in [1.807, 2.05) is 60.9 Å². The van der Waals surface area contributed by atoms with Crippen LogP contribution in [0.1, 0.15) is 36.5 Å². The number of carbonyl (C=O) groups is 1. The van der Waals surface area contributed by atoms with Gasteiger partial charge in [0.05, 0.1) is 36.7 Å². The number of methoxy groups -OCH3 is 1. The minimum Gasteiger partial charge on any atom is -0.497 e. The summed E-state index contributed by atoms with van der Waals surface area (Å²) in [5.41, 5.74) is 2.65. The molecule has 5 rings (SSSR count). The van der Waals surface area contributed by atoms with E-state index in [0.29, 0.717) is 23.9 Å². The molecule has 0 spiro atoms. The highest BCUT2D eigenvalue weighted by atomic mass is 32.2. The Morgan fingerprint density at radius 1 is 1.14 bits per heavy atom. The maximum Gasteiger partial charge on any atom is 0.253 e. The summed E-state index contributed by atoms with van der Waals surface area (Å²) in [7, 11) is 1.63. The molecular weight excluding hydrogens is 466 g/mol. The number of ether oxygens (including phenoxy) is 1. The number of thioether (sulfide) groups is 1. The van der Waals surface area contributed by atoms with E-state index in [1.165, 1.54) is 16.8 Å². The topological polar surface area (TPSA) is 98.9 Å². The van der Waals surface area contributed by atoms with Crippen LogP contribution >= 0.6 is 11.8 Å². The molecular formula is C25H25N5O4S. The summed E-state index contributed by atoms with van der Waals surface area (Å²) in [6.45, 7) is 4.58. The Bertz CT molecular complexity index is 1340. The quantitative estimate of drug-likeness (QED) is 0.322. The summed E-state index contributed by atoms with van der Waals surface area (Å²) >= 11 is 1.34. The molecule has 10 heteroatoms. The van der Waals surface area contributed by atoms with Crippen molar-refractivity contribution in [3.8, 4) is 17.1 Å². The van der Waals surface area contributed by atoms with Gasteiger partial charge < -0.3 is 18.1 Å². The van der Waals surface area contributed by atoms with Crippen molar-refractivity contribution in [1.82, 2.24) is 19.8 Å². The minimum absolute atomic E-state index is 0.133. The average Bonchev–Trinajstić information content (AvgIpc) is 3.68. The van der Waals surface area contributed by atoms with Crippen molar-refractivity contribution in [3.05, 3.63) is 72.1 Å². The zero-order valence-electron chi connectivity index (χ0n) is 19.7. The van der Waals surface area contributed by atoms with Crippen LogP contribution in [0.15, 0.2) is 74.1 Å². The van der Waals surface area contributed by atoms with E-state index < -0.39 is 0 Å². The third kappa shape index (κ3) is 4.49. The number of hydrogen-bond acceptors (Lipinski definition) is 8. The fourth-order valence-corrected chi connectivity index (χ4v) is 4.94. The normalized spacial score (nSPS) is 15.5. The Morgan fingerprint density at radius 3 is 2.63 bits per heavy atom. The molecule has 0 saturated carbocycles. The molecule has 0 bridgehead atoms. The predicted molar refractivity (Wildman–Crippen MR) is 131 cm³/mol. The first-order valence-electron chi connectivity index (χ1n) is 11.3. The van der Waals surface area contributed by atoms with Gasteiger partial charge in [-0.25, -0.2) is 5.01 Å². The Labute approximate surface area is 206 Å². The first-order chi connectivity index (χ1) is 17.1. The van der Waals surface area contributed by atoms with Gasteiger partial charge in [-0.15, -0.1) is 10.2 Å². The fourth-order valence-electron chi connectivity index (χ4n) is 4.09. The standard InChI is InChI=1S/C25H25N5O4S/c1-4-29-24(19-11-13-33-16(19)2)26-27-25(29)35-15-23(31)30-21(22-6-5-12-34-22)14-20(28-30)17-7-9-18(32-3)10-8-17/h5-13,21H,4,14-15H2,1-3H3/t21-/m1/s1. The van der Waals surface area contributed by atoms with Crippen molar-refractivity contribution in [1.29, 1.82) is 0 Å². The highest BCUT2D eigenvalue weighted by molar-refractivity contribution is 7.99. The number of amides is 1. The van der Waals surface area contributed by atoms with E-state index in [4.69, 9.17) is 18.7 Å².